The largest absolute Gasteiger partial charge is 0.392 e. The molecule has 3 N–H and O–H groups in total. The summed E-state index contributed by atoms with van der Waals surface area (Å²) in [5.74, 6) is 0.774. The number of nitrogens with one attached hydrogen (secondary N) is 2. The van der Waals surface area contributed by atoms with Crippen LogP contribution in [-0.4, -0.2) is 23.1 Å². The second-order valence-electron chi connectivity index (χ2n) is 6.25. The first-order chi connectivity index (χ1) is 10.3. The van der Waals surface area contributed by atoms with Crippen molar-refractivity contribution in [2.24, 2.45) is 5.92 Å². The first-order valence-electron chi connectivity index (χ1n) is 7.99. The monoisotopic (exact) mass is 324 g/mol. The Labute approximate surface area is 138 Å². The number of hydrogen-bond acceptors (Lipinski definition) is 3. The number of halogens is 1. The molecular weight excluding hydrogens is 300 g/mol. The lowest BCUT2D eigenvalue weighted by atomic mass is 9.85. The maximum atomic E-state index is 12.3. The van der Waals surface area contributed by atoms with E-state index in [4.69, 9.17) is 0 Å². The van der Waals surface area contributed by atoms with E-state index < -0.39 is 0 Å². The Kier molecular flexibility index (Phi) is 6.24. The smallest absolute Gasteiger partial charge is 0.237 e. The van der Waals surface area contributed by atoms with Gasteiger partial charge in [-0.25, -0.2) is 0 Å². The summed E-state index contributed by atoms with van der Waals surface area (Å²) < 4.78 is 0. The molecule has 2 fully saturated rings. The summed E-state index contributed by atoms with van der Waals surface area (Å²) in [5.41, 5.74) is 1.87. The topological polar surface area (TPSA) is 61.4 Å². The minimum absolute atomic E-state index is 0. The Bertz CT molecular complexity index is 495. The summed E-state index contributed by atoms with van der Waals surface area (Å²) >= 11 is 0. The summed E-state index contributed by atoms with van der Waals surface area (Å²) in [7, 11) is 0. The molecule has 3 unspecified atom stereocenters. The second-order valence-corrected chi connectivity index (χ2v) is 6.25. The van der Waals surface area contributed by atoms with Crippen LogP contribution < -0.4 is 10.6 Å². The van der Waals surface area contributed by atoms with Gasteiger partial charge in [0.2, 0.25) is 5.91 Å². The molecule has 1 amide bonds. The minimum atomic E-state index is -0.0422. The van der Waals surface area contributed by atoms with E-state index in [9.17, 15) is 9.90 Å². The van der Waals surface area contributed by atoms with Gasteiger partial charge in [0.1, 0.15) is 0 Å². The maximum Gasteiger partial charge on any atom is 0.237 e. The van der Waals surface area contributed by atoms with Gasteiger partial charge in [-0.2, -0.15) is 0 Å². The number of carbonyl (C=O) groups is 1. The molecule has 122 valence electrons. The standard InChI is InChI=1S/C17H24N2O2.ClH/c20-11-14-7-2-1-6-13(14)10-18-17(21)16-9-12-5-3-4-8-15(12)19-16;/h1-2,6-7,12,15-16,19-20H,3-5,8-11H2,(H,18,21);1H. The highest BCUT2D eigenvalue weighted by Crippen LogP contribution is 2.33. The molecule has 1 heterocycles. The van der Waals surface area contributed by atoms with Crippen molar-refractivity contribution in [2.45, 2.75) is 57.3 Å². The quantitative estimate of drug-likeness (QED) is 0.795. The van der Waals surface area contributed by atoms with Gasteiger partial charge in [0, 0.05) is 12.6 Å². The van der Waals surface area contributed by atoms with Crippen LogP contribution in [0.4, 0.5) is 0 Å². The molecule has 0 spiro atoms. The van der Waals surface area contributed by atoms with E-state index in [0.717, 1.165) is 17.5 Å². The van der Waals surface area contributed by atoms with Gasteiger partial charge in [-0.15, -0.1) is 12.4 Å². The third kappa shape index (κ3) is 3.80. The normalized spacial score (nSPS) is 26.9. The fourth-order valence-electron chi connectivity index (χ4n) is 3.71. The van der Waals surface area contributed by atoms with Gasteiger partial charge in [0.15, 0.2) is 0 Å². The van der Waals surface area contributed by atoms with Crippen molar-refractivity contribution in [3.63, 3.8) is 0 Å². The van der Waals surface area contributed by atoms with E-state index in [-0.39, 0.29) is 31.0 Å². The fraction of sp³-hybridized carbons (Fsp3) is 0.588. The maximum absolute atomic E-state index is 12.3. The van der Waals surface area contributed by atoms with Crippen LogP contribution in [0.25, 0.3) is 0 Å². The Morgan fingerprint density at radius 1 is 1.23 bits per heavy atom. The van der Waals surface area contributed by atoms with Crippen LogP contribution in [0.15, 0.2) is 24.3 Å². The Morgan fingerprint density at radius 3 is 2.68 bits per heavy atom. The van der Waals surface area contributed by atoms with Crippen molar-refractivity contribution >= 4 is 18.3 Å². The number of hydrogen-bond donors (Lipinski definition) is 3. The summed E-state index contributed by atoms with van der Waals surface area (Å²) in [6.45, 7) is 0.501. The highest BCUT2D eigenvalue weighted by Gasteiger charge is 2.37. The predicted molar refractivity (Wildman–Crippen MR) is 88.7 cm³/mol. The first kappa shape index (κ1) is 17.3. The van der Waals surface area contributed by atoms with Crippen LogP contribution in [0.2, 0.25) is 0 Å². The van der Waals surface area contributed by atoms with Crippen LogP contribution in [0.3, 0.4) is 0 Å². The first-order valence-corrected chi connectivity index (χ1v) is 7.99. The van der Waals surface area contributed by atoms with Gasteiger partial charge < -0.3 is 15.7 Å². The Hall–Kier alpha value is -1.10. The molecular formula is C17H25ClN2O2. The molecule has 5 heteroatoms. The zero-order valence-corrected chi connectivity index (χ0v) is 13.6. The van der Waals surface area contributed by atoms with E-state index >= 15 is 0 Å². The van der Waals surface area contributed by atoms with Crippen molar-refractivity contribution in [1.82, 2.24) is 10.6 Å². The van der Waals surface area contributed by atoms with E-state index in [0.29, 0.717) is 18.5 Å². The number of benzene rings is 1. The van der Waals surface area contributed by atoms with E-state index in [1.54, 1.807) is 0 Å². The van der Waals surface area contributed by atoms with Crippen LogP contribution in [-0.2, 0) is 17.9 Å². The Balaban J connectivity index is 0.00000176. The molecule has 4 nitrogen and oxygen atoms in total. The summed E-state index contributed by atoms with van der Waals surface area (Å²) in [4.78, 5) is 12.3. The van der Waals surface area contributed by atoms with Gasteiger partial charge in [-0.3, -0.25) is 4.79 Å². The van der Waals surface area contributed by atoms with Gasteiger partial charge >= 0.3 is 0 Å². The van der Waals surface area contributed by atoms with Crippen LogP contribution in [0, 0.1) is 5.92 Å². The minimum Gasteiger partial charge on any atom is -0.392 e. The third-order valence-corrected chi connectivity index (χ3v) is 4.92. The average Bonchev–Trinajstić information content (AvgIpc) is 2.97. The van der Waals surface area contributed by atoms with Crippen molar-refractivity contribution in [3.05, 3.63) is 35.4 Å². The highest BCUT2D eigenvalue weighted by atomic mass is 35.5. The van der Waals surface area contributed by atoms with Crippen molar-refractivity contribution in [3.8, 4) is 0 Å². The lowest BCUT2D eigenvalue weighted by Gasteiger charge is -2.24. The summed E-state index contributed by atoms with van der Waals surface area (Å²) in [6.07, 6.45) is 6.03. The van der Waals surface area contributed by atoms with Crippen LogP contribution in [0.5, 0.6) is 0 Å². The number of amides is 1. The fourth-order valence-corrected chi connectivity index (χ4v) is 3.71. The van der Waals surface area contributed by atoms with Crippen molar-refractivity contribution in [2.75, 3.05) is 0 Å². The van der Waals surface area contributed by atoms with Crippen LogP contribution >= 0.6 is 12.4 Å². The number of carbonyl (C=O) groups excluding carboxylic acids is 1. The summed E-state index contributed by atoms with van der Waals surface area (Å²) in [5, 5.41) is 15.8. The molecule has 3 rings (SSSR count). The van der Waals surface area contributed by atoms with Crippen LogP contribution in [0.1, 0.15) is 43.2 Å². The molecule has 2 aliphatic rings. The molecule has 0 bridgehead atoms. The van der Waals surface area contributed by atoms with E-state index in [1.807, 2.05) is 24.3 Å². The molecule has 1 aromatic carbocycles. The predicted octanol–water partition coefficient (Wildman–Crippen LogP) is 2.14. The van der Waals surface area contributed by atoms with Gasteiger partial charge in [0.05, 0.1) is 12.6 Å². The number of fused-ring (bicyclic) bond motifs is 1. The Morgan fingerprint density at radius 2 is 1.95 bits per heavy atom. The lowest BCUT2D eigenvalue weighted by Crippen LogP contribution is -2.43. The molecule has 1 aromatic rings. The lowest BCUT2D eigenvalue weighted by molar-refractivity contribution is -0.123. The molecule has 22 heavy (non-hydrogen) atoms. The molecule has 1 aliphatic heterocycles. The van der Waals surface area contributed by atoms with Crippen molar-refractivity contribution in [1.29, 1.82) is 0 Å². The van der Waals surface area contributed by atoms with Gasteiger partial charge in [0.25, 0.3) is 0 Å². The molecule has 1 aliphatic carbocycles. The average molecular weight is 325 g/mol. The second kappa shape index (κ2) is 7.95. The van der Waals surface area contributed by atoms with E-state index in [2.05, 4.69) is 10.6 Å². The molecule has 0 aromatic heterocycles. The molecule has 1 saturated heterocycles. The van der Waals surface area contributed by atoms with E-state index in [1.165, 1.54) is 25.7 Å². The molecule has 3 atom stereocenters. The highest BCUT2D eigenvalue weighted by molar-refractivity contribution is 5.85. The van der Waals surface area contributed by atoms with Gasteiger partial charge in [-0.1, -0.05) is 37.1 Å². The molecule has 0 radical (unpaired) electrons. The number of rotatable bonds is 4. The van der Waals surface area contributed by atoms with Gasteiger partial charge in [-0.05, 0) is 36.3 Å². The molecule has 1 saturated carbocycles. The van der Waals surface area contributed by atoms with Crippen molar-refractivity contribution < 1.29 is 9.90 Å². The number of aliphatic hydroxyl groups excluding tert-OH is 1. The zero-order valence-electron chi connectivity index (χ0n) is 12.8. The summed E-state index contributed by atoms with van der Waals surface area (Å²) in [6, 6.07) is 8.18. The SMILES string of the molecule is Cl.O=C(NCc1ccccc1CO)C1CC2CCCCC2N1. The number of aliphatic hydroxyl groups is 1. The third-order valence-electron chi connectivity index (χ3n) is 4.92. The zero-order chi connectivity index (χ0) is 14.7.